The van der Waals surface area contributed by atoms with Crippen LogP contribution in [-0.2, 0) is 16.0 Å². The Hall–Kier alpha value is -5.45. The van der Waals surface area contributed by atoms with E-state index in [-0.39, 0.29) is 28.7 Å². The Labute approximate surface area is 231 Å². The minimum absolute atomic E-state index is 0.0450. The minimum atomic E-state index is -1.20. The van der Waals surface area contributed by atoms with Crippen LogP contribution in [0.25, 0.3) is 33.0 Å². The zero-order valence-electron chi connectivity index (χ0n) is 21.5. The number of aliphatic carboxylic acids is 1. The van der Waals surface area contributed by atoms with Crippen LogP contribution in [0, 0.1) is 0 Å². The molecule has 0 saturated carbocycles. The van der Waals surface area contributed by atoms with Gasteiger partial charge in [0.15, 0.2) is 18.1 Å². The summed E-state index contributed by atoms with van der Waals surface area (Å²) >= 11 is 0. The van der Waals surface area contributed by atoms with Crippen LogP contribution < -0.4 is 25.0 Å². The maximum absolute atomic E-state index is 13.2. The topological polar surface area (TPSA) is 160 Å². The zero-order chi connectivity index (χ0) is 28.5. The van der Waals surface area contributed by atoms with Crippen molar-refractivity contribution in [1.82, 2.24) is 10.3 Å². The summed E-state index contributed by atoms with van der Waals surface area (Å²) in [7, 11) is 0. The number of amides is 1. The van der Waals surface area contributed by atoms with Crippen LogP contribution in [0.1, 0.15) is 5.69 Å². The molecule has 0 aliphatic carbocycles. The summed E-state index contributed by atoms with van der Waals surface area (Å²) in [6.45, 7) is 0.307. The molecule has 0 saturated heterocycles. The van der Waals surface area contributed by atoms with Crippen LogP contribution in [0.3, 0.4) is 0 Å². The lowest BCUT2D eigenvalue weighted by Gasteiger charge is -2.18. The van der Waals surface area contributed by atoms with Crippen molar-refractivity contribution < 1.29 is 38.4 Å². The van der Waals surface area contributed by atoms with Gasteiger partial charge in [0.2, 0.25) is 5.43 Å². The predicted octanol–water partition coefficient (Wildman–Crippen LogP) is 3.61. The fourth-order valence-corrected chi connectivity index (χ4v) is 4.75. The Morgan fingerprint density at radius 2 is 1.83 bits per heavy atom. The highest BCUT2D eigenvalue weighted by Gasteiger charge is 2.22. The lowest BCUT2D eigenvalue weighted by Crippen LogP contribution is -2.44. The number of phenolic OH excluding ortho intramolecular Hbond substituents is 1. The molecule has 3 aromatic carbocycles. The number of aromatic nitrogens is 1. The highest BCUT2D eigenvalue weighted by atomic mass is 16.6. The number of phenols is 1. The van der Waals surface area contributed by atoms with Gasteiger partial charge in [0.1, 0.15) is 48.0 Å². The Balaban J connectivity index is 1.15. The average Bonchev–Trinajstić information content (AvgIpc) is 3.38. The van der Waals surface area contributed by atoms with Crippen molar-refractivity contribution in [2.75, 3.05) is 19.8 Å². The van der Waals surface area contributed by atoms with Gasteiger partial charge in [-0.05, 0) is 35.2 Å². The van der Waals surface area contributed by atoms with E-state index in [2.05, 4.69) is 10.3 Å². The molecular weight excluding hydrogens is 532 g/mol. The number of para-hydroxylation sites is 1. The number of fused-ring (bicyclic) bond motifs is 3. The number of nitrogens with one attached hydrogen (secondary N) is 2. The summed E-state index contributed by atoms with van der Waals surface area (Å²) in [5.41, 5.74) is 1.85. The smallest absolute Gasteiger partial charge is 0.326 e. The first-order chi connectivity index (χ1) is 19.9. The van der Waals surface area contributed by atoms with Crippen molar-refractivity contribution in [3.63, 3.8) is 0 Å². The molecule has 4 N–H and O–H groups in total. The first-order valence-electron chi connectivity index (χ1n) is 12.8. The van der Waals surface area contributed by atoms with E-state index < -0.39 is 35.7 Å². The van der Waals surface area contributed by atoms with Gasteiger partial charge in [0.05, 0.1) is 5.56 Å². The zero-order valence-corrected chi connectivity index (χ0v) is 21.5. The van der Waals surface area contributed by atoms with Crippen molar-refractivity contribution >= 4 is 33.7 Å². The molecule has 208 valence electrons. The van der Waals surface area contributed by atoms with Crippen molar-refractivity contribution in [2.45, 2.75) is 12.5 Å². The highest BCUT2D eigenvalue weighted by Crippen LogP contribution is 2.35. The summed E-state index contributed by atoms with van der Waals surface area (Å²) in [6, 6.07) is 15.8. The van der Waals surface area contributed by atoms with E-state index in [4.69, 9.17) is 18.6 Å². The van der Waals surface area contributed by atoms with Gasteiger partial charge >= 0.3 is 5.97 Å². The molecule has 0 fully saturated rings. The standard InChI is InChI=1S/C30H24N2O9/c33-23-12-19(40-15-27(34)32-22(30(36)37)11-18-9-17-3-1-2-4-21(17)31-18)13-26-28(23)29(35)20(14-41-26)16-5-6-24-25(10-16)39-8-7-38-24/h1-6,9-10,12-14,22,31,33H,7-8,11,15H2,(H,32,34)(H,36,37). The lowest BCUT2D eigenvalue weighted by atomic mass is 10.0. The third kappa shape index (κ3) is 5.24. The van der Waals surface area contributed by atoms with Crippen molar-refractivity contribution in [2.24, 2.45) is 0 Å². The minimum Gasteiger partial charge on any atom is -0.507 e. The normalized spacial score (nSPS) is 13.2. The van der Waals surface area contributed by atoms with Crippen LogP contribution in [0.15, 0.2) is 76.1 Å². The predicted molar refractivity (Wildman–Crippen MR) is 148 cm³/mol. The Bertz CT molecular complexity index is 1820. The van der Waals surface area contributed by atoms with Gasteiger partial charge in [-0.3, -0.25) is 9.59 Å². The number of H-pyrrole nitrogens is 1. The molecule has 0 spiro atoms. The number of carboxylic acid groups (broad SMARTS) is 1. The molecule has 11 heteroatoms. The molecule has 1 unspecified atom stereocenters. The molecule has 5 aromatic rings. The first kappa shape index (κ1) is 25.8. The van der Waals surface area contributed by atoms with Crippen molar-refractivity contribution in [1.29, 1.82) is 0 Å². The van der Waals surface area contributed by atoms with Gasteiger partial charge in [0.25, 0.3) is 5.91 Å². The molecule has 3 heterocycles. The number of aromatic hydroxyl groups is 1. The van der Waals surface area contributed by atoms with Crippen LogP contribution >= 0.6 is 0 Å². The number of hydrogen-bond donors (Lipinski definition) is 4. The maximum atomic E-state index is 13.2. The molecule has 41 heavy (non-hydrogen) atoms. The second kappa shape index (κ2) is 10.6. The van der Waals surface area contributed by atoms with E-state index in [0.717, 1.165) is 10.9 Å². The molecular formula is C30H24N2O9. The molecule has 2 aromatic heterocycles. The monoisotopic (exact) mass is 556 g/mol. The first-order valence-corrected chi connectivity index (χ1v) is 12.8. The van der Waals surface area contributed by atoms with Gasteiger partial charge in [-0.15, -0.1) is 0 Å². The molecule has 1 aliphatic rings. The van der Waals surface area contributed by atoms with Crippen molar-refractivity contribution in [3.8, 4) is 34.1 Å². The molecule has 0 bridgehead atoms. The van der Waals surface area contributed by atoms with E-state index >= 15 is 0 Å². The molecule has 6 rings (SSSR count). The summed E-state index contributed by atoms with van der Waals surface area (Å²) < 4.78 is 22.2. The maximum Gasteiger partial charge on any atom is 0.326 e. The van der Waals surface area contributed by atoms with E-state index in [1.54, 1.807) is 18.2 Å². The van der Waals surface area contributed by atoms with Crippen LogP contribution in [0.2, 0.25) is 0 Å². The second-order valence-corrected chi connectivity index (χ2v) is 9.49. The third-order valence-corrected chi connectivity index (χ3v) is 6.70. The number of hydrogen-bond acceptors (Lipinski definition) is 8. The fraction of sp³-hybridized carbons (Fsp3) is 0.167. The van der Waals surface area contributed by atoms with Crippen molar-refractivity contribution in [3.05, 3.63) is 82.8 Å². The quantitative estimate of drug-likeness (QED) is 0.224. The van der Waals surface area contributed by atoms with E-state index in [9.17, 15) is 24.6 Å². The summed E-state index contributed by atoms with van der Waals surface area (Å²) in [5.74, 6) is -1.13. The molecule has 1 atom stereocenters. The summed E-state index contributed by atoms with van der Waals surface area (Å²) in [5, 5.41) is 23.6. The van der Waals surface area contributed by atoms with Gasteiger partial charge in [-0.25, -0.2) is 4.79 Å². The summed E-state index contributed by atoms with van der Waals surface area (Å²) in [6.07, 6.45) is 1.32. The lowest BCUT2D eigenvalue weighted by molar-refractivity contribution is -0.142. The molecule has 1 amide bonds. The number of aromatic amines is 1. The van der Waals surface area contributed by atoms with Gasteiger partial charge < -0.3 is 39.1 Å². The van der Waals surface area contributed by atoms with Crippen LogP contribution in [-0.4, -0.2) is 52.9 Å². The van der Waals surface area contributed by atoms with Crippen LogP contribution in [0.5, 0.6) is 23.0 Å². The Morgan fingerprint density at radius 1 is 1.02 bits per heavy atom. The fourth-order valence-electron chi connectivity index (χ4n) is 4.75. The number of ether oxygens (including phenoxy) is 3. The van der Waals surface area contributed by atoms with Crippen LogP contribution in [0.4, 0.5) is 0 Å². The Kier molecular flexibility index (Phi) is 6.68. The number of rotatable bonds is 8. The number of carbonyl (C=O) groups is 2. The van der Waals surface area contributed by atoms with Gasteiger partial charge in [-0.1, -0.05) is 24.3 Å². The summed E-state index contributed by atoms with van der Waals surface area (Å²) in [4.78, 5) is 40.7. The molecule has 0 radical (unpaired) electrons. The average molecular weight is 557 g/mol. The SMILES string of the molecule is O=C(COc1cc(O)c2c(=O)c(-c3ccc4c(c3)OCCO4)coc2c1)NC(Cc1cc2ccccc2[nH]1)C(=O)O. The number of benzene rings is 3. The largest absolute Gasteiger partial charge is 0.507 e. The molecule has 1 aliphatic heterocycles. The van der Waals surface area contributed by atoms with E-state index in [1.165, 1.54) is 18.4 Å². The molecule has 11 nitrogen and oxygen atoms in total. The van der Waals surface area contributed by atoms with Gasteiger partial charge in [0, 0.05) is 29.8 Å². The number of carboxylic acids is 1. The highest BCUT2D eigenvalue weighted by molar-refractivity contribution is 5.89. The van der Waals surface area contributed by atoms with Gasteiger partial charge in [-0.2, -0.15) is 0 Å². The van der Waals surface area contributed by atoms with E-state index in [0.29, 0.717) is 36.0 Å². The third-order valence-electron chi connectivity index (χ3n) is 6.70. The van der Waals surface area contributed by atoms with E-state index in [1.807, 2.05) is 30.3 Å². The second-order valence-electron chi connectivity index (χ2n) is 9.49. The number of carbonyl (C=O) groups excluding carboxylic acids is 1. The Morgan fingerprint density at radius 3 is 2.63 bits per heavy atom.